The lowest BCUT2D eigenvalue weighted by atomic mass is 9.94. The Kier molecular flexibility index (Phi) is 5.72. The number of hydrogen-bond donors (Lipinski definition) is 2. The van der Waals surface area contributed by atoms with Crippen molar-refractivity contribution in [3.05, 3.63) is 18.0 Å². The summed E-state index contributed by atoms with van der Waals surface area (Å²) in [5.74, 6) is 0.317. The van der Waals surface area contributed by atoms with E-state index in [0.29, 0.717) is 12.0 Å². The first-order valence-electron chi connectivity index (χ1n) is 8.01. The third-order valence-electron chi connectivity index (χ3n) is 3.96. The molecule has 1 aromatic rings. The Balaban J connectivity index is 1.95. The molecule has 0 spiro atoms. The summed E-state index contributed by atoms with van der Waals surface area (Å²) in [6.07, 6.45) is 4.42. The monoisotopic (exact) mass is 307 g/mol. The Morgan fingerprint density at radius 3 is 2.55 bits per heavy atom. The fraction of sp³-hybridized carbons (Fsp3) is 0.750. The number of nitrogens with zero attached hydrogens (tertiary/aromatic N) is 4. The molecule has 1 unspecified atom stereocenters. The van der Waals surface area contributed by atoms with Gasteiger partial charge in [0.2, 0.25) is 5.95 Å². The van der Waals surface area contributed by atoms with Crippen molar-refractivity contribution in [1.82, 2.24) is 19.8 Å². The zero-order chi connectivity index (χ0) is 16.2. The molecule has 1 aliphatic rings. The molecule has 2 heterocycles. The molecule has 22 heavy (non-hydrogen) atoms. The van der Waals surface area contributed by atoms with Gasteiger partial charge in [0.15, 0.2) is 0 Å². The molecule has 1 fully saturated rings. The van der Waals surface area contributed by atoms with Crippen molar-refractivity contribution in [2.75, 3.05) is 38.5 Å². The van der Waals surface area contributed by atoms with Gasteiger partial charge in [-0.25, -0.2) is 9.97 Å². The van der Waals surface area contributed by atoms with E-state index in [9.17, 15) is 5.11 Å². The van der Waals surface area contributed by atoms with E-state index in [1.807, 2.05) is 0 Å². The standard InChI is InChI=1S/C16H29N5O/c1-16(2,3)12-21-6-5-20(11-14(21)4-7-22)10-13-8-18-15(17)19-9-13/h8-9,14,22H,4-7,10-12H2,1-3H3,(H2,17,18,19). The number of nitrogen functional groups attached to an aromatic ring is 1. The summed E-state index contributed by atoms with van der Waals surface area (Å²) in [5.41, 5.74) is 6.89. The second-order valence-corrected chi connectivity index (χ2v) is 7.38. The predicted octanol–water partition coefficient (Wildman–Crippen LogP) is 0.974. The largest absolute Gasteiger partial charge is 0.396 e. The smallest absolute Gasteiger partial charge is 0.219 e. The van der Waals surface area contributed by atoms with Gasteiger partial charge in [-0.15, -0.1) is 0 Å². The summed E-state index contributed by atoms with van der Waals surface area (Å²) in [4.78, 5) is 13.0. The Hall–Kier alpha value is -1.24. The topological polar surface area (TPSA) is 78.5 Å². The molecule has 0 aromatic carbocycles. The third kappa shape index (κ3) is 5.19. The molecule has 124 valence electrons. The minimum absolute atomic E-state index is 0.240. The highest BCUT2D eigenvalue weighted by Gasteiger charge is 2.29. The van der Waals surface area contributed by atoms with Crippen LogP contribution in [0.15, 0.2) is 12.4 Å². The number of aliphatic hydroxyl groups excluding tert-OH is 1. The predicted molar refractivity (Wildman–Crippen MR) is 88.2 cm³/mol. The van der Waals surface area contributed by atoms with Crippen LogP contribution in [0.5, 0.6) is 0 Å². The van der Waals surface area contributed by atoms with Gasteiger partial charge >= 0.3 is 0 Å². The van der Waals surface area contributed by atoms with Crippen molar-refractivity contribution in [2.24, 2.45) is 5.41 Å². The van der Waals surface area contributed by atoms with Gasteiger partial charge in [0.05, 0.1) is 0 Å². The van der Waals surface area contributed by atoms with E-state index in [1.165, 1.54) is 0 Å². The van der Waals surface area contributed by atoms with Crippen molar-refractivity contribution >= 4 is 5.95 Å². The van der Waals surface area contributed by atoms with Gasteiger partial charge in [0.25, 0.3) is 0 Å². The van der Waals surface area contributed by atoms with Gasteiger partial charge in [0.1, 0.15) is 0 Å². The van der Waals surface area contributed by atoms with E-state index in [1.54, 1.807) is 12.4 Å². The van der Waals surface area contributed by atoms with Crippen molar-refractivity contribution < 1.29 is 5.11 Å². The summed E-state index contributed by atoms with van der Waals surface area (Å²) in [5, 5.41) is 9.36. The molecule has 6 nitrogen and oxygen atoms in total. The molecular formula is C16H29N5O. The lowest BCUT2D eigenvalue weighted by molar-refractivity contribution is 0.0339. The van der Waals surface area contributed by atoms with Gasteiger partial charge in [-0.3, -0.25) is 9.80 Å². The number of nitrogens with two attached hydrogens (primary N) is 1. The molecule has 3 N–H and O–H groups in total. The van der Waals surface area contributed by atoms with Crippen molar-refractivity contribution in [1.29, 1.82) is 0 Å². The third-order valence-corrected chi connectivity index (χ3v) is 3.96. The molecule has 0 radical (unpaired) electrons. The zero-order valence-electron chi connectivity index (χ0n) is 14.0. The van der Waals surface area contributed by atoms with Gasteiger partial charge < -0.3 is 10.8 Å². The molecule has 6 heteroatoms. The maximum Gasteiger partial charge on any atom is 0.219 e. The summed E-state index contributed by atoms with van der Waals surface area (Å²) in [6, 6.07) is 0.410. The Morgan fingerprint density at radius 1 is 1.27 bits per heavy atom. The normalized spacial score (nSPS) is 21.2. The molecule has 1 atom stereocenters. The van der Waals surface area contributed by atoms with E-state index in [0.717, 1.165) is 44.7 Å². The van der Waals surface area contributed by atoms with Crippen LogP contribution in [-0.4, -0.2) is 63.7 Å². The number of aromatic nitrogens is 2. The van der Waals surface area contributed by atoms with E-state index in [4.69, 9.17) is 5.73 Å². The summed E-state index contributed by atoms with van der Waals surface area (Å²) >= 11 is 0. The number of piperazine rings is 1. The lowest BCUT2D eigenvalue weighted by Gasteiger charge is -2.43. The van der Waals surface area contributed by atoms with Gasteiger partial charge in [0, 0.05) is 63.3 Å². The Morgan fingerprint density at radius 2 is 1.95 bits per heavy atom. The molecule has 0 bridgehead atoms. The maximum absolute atomic E-state index is 9.36. The molecule has 2 rings (SSSR count). The van der Waals surface area contributed by atoms with Crippen LogP contribution >= 0.6 is 0 Å². The van der Waals surface area contributed by atoms with Crippen LogP contribution in [0.1, 0.15) is 32.8 Å². The number of anilines is 1. The molecule has 0 amide bonds. The molecule has 0 aliphatic carbocycles. The van der Waals surface area contributed by atoms with Gasteiger partial charge in [-0.2, -0.15) is 0 Å². The zero-order valence-corrected chi connectivity index (χ0v) is 14.0. The van der Waals surface area contributed by atoms with Crippen molar-refractivity contribution in [3.63, 3.8) is 0 Å². The first-order chi connectivity index (χ1) is 10.4. The molecular weight excluding hydrogens is 278 g/mol. The molecule has 0 saturated carbocycles. The lowest BCUT2D eigenvalue weighted by Crippen LogP contribution is -2.54. The van der Waals surface area contributed by atoms with Crippen LogP contribution in [0.25, 0.3) is 0 Å². The van der Waals surface area contributed by atoms with Crippen LogP contribution in [0.2, 0.25) is 0 Å². The van der Waals surface area contributed by atoms with E-state index in [2.05, 4.69) is 40.5 Å². The fourth-order valence-corrected chi connectivity index (χ4v) is 3.05. The summed E-state index contributed by atoms with van der Waals surface area (Å²) in [6.45, 7) is 12.0. The van der Waals surface area contributed by atoms with E-state index >= 15 is 0 Å². The summed E-state index contributed by atoms with van der Waals surface area (Å²) < 4.78 is 0. The second kappa shape index (κ2) is 7.35. The Labute approximate surface area is 133 Å². The van der Waals surface area contributed by atoms with Crippen LogP contribution in [-0.2, 0) is 6.54 Å². The first kappa shape index (κ1) is 17.1. The molecule has 1 aliphatic heterocycles. The van der Waals surface area contributed by atoms with Gasteiger partial charge in [-0.05, 0) is 11.8 Å². The van der Waals surface area contributed by atoms with Crippen LogP contribution in [0, 0.1) is 5.41 Å². The quantitative estimate of drug-likeness (QED) is 0.844. The van der Waals surface area contributed by atoms with Crippen molar-refractivity contribution in [2.45, 2.75) is 39.8 Å². The highest BCUT2D eigenvalue weighted by atomic mass is 16.3. The minimum Gasteiger partial charge on any atom is -0.396 e. The summed E-state index contributed by atoms with van der Waals surface area (Å²) in [7, 11) is 0. The van der Waals surface area contributed by atoms with Crippen LogP contribution < -0.4 is 5.73 Å². The number of aliphatic hydroxyl groups is 1. The minimum atomic E-state index is 0.240. The average Bonchev–Trinajstić information content (AvgIpc) is 2.43. The second-order valence-electron chi connectivity index (χ2n) is 7.38. The fourth-order valence-electron chi connectivity index (χ4n) is 3.05. The highest BCUT2D eigenvalue weighted by molar-refractivity contribution is 5.17. The Bertz CT molecular complexity index is 457. The molecule has 1 saturated heterocycles. The van der Waals surface area contributed by atoms with E-state index in [-0.39, 0.29) is 12.0 Å². The van der Waals surface area contributed by atoms with E-state index < -0.39 is 0 Å². The maximum atomic E-state index is 9.36. The highest BCUT2D eigenvalue weighted by Crippen LogP contribution is 2.21. The average molecular weight is 307 g/mol. The number of rotatable bonds is 5. The number of hydrogen-bond acceptors (Lipinski definition) is 6. The van der Waals surface area contributed by atoms with Crippen molar-refractivity contribution in [3.8, 4) is 0 Å². The van der Waals surface area contributed by atoms with Crippen LogP contribution in [0.3, 0.4) is 0 Å². The SMILES string of the molecule is CC(C)(C)CN1CCN(Cc2cnc(N)nc2)CC1CCO. The van der Waals surface area contributed by atoms with Gasteiger partial charge in [-0.1, -0.05) is 20.8 Å². The van der Waals surface area contributed by atoms with Crippen LogP contribution in [0.4, 0.5) is 5.95 Å². The first-order valence-corrected chi connectivity index (χ1v) is 8.01. The molecule has 1 aromatic heterocycles.